The van der Waals surface area contributed by atoms with Crippen LogP contribution in [0, 0.1) is 5.41 Å². The van der Waals surface area contributed by atoms with Crippen LogP contribution in [0.25, 0.3) is 0 Å². The van der Waals surface area contributed by atoms with Gasteiger partial charge in [0.2, 0.25) is 0 Å². The highest BCUT2D eigenvalue weighted by Gasteiger charge is 2.10. The van der Waals surface area contributed by atoms with Crippen molar-refractivity contribution in [1.29, 1.82) is 0 Å². The first kappa shape index (κ1) is 20.3. The summed E-state index contributed by atoms with van der Waals surface area (Å²) in [6.07, 6.45) is 11.4. The lowest BCUT2D eigenvalue weighted by atomic mass is 9.91. The maximum Gasteiger partial charge on any atom is 0.508 e. The lowest BCUT2D eigenvalue weighted by Gasteiger charge is -2.17. The molecule has 0 N–H and O–H groups in total. The third kappa shape index (κ3) is 17.2. The zero-order valence-electron chi connectivity index (χ0n) is 14.7. The van der Waals surface area contributed by atoms with E-state index in [1.165, 1.54) is 38.5 Å². The van der Waals surface area contributed by atoms with Crippen LogP contribution in [0.2, 0.25) is 0 Å². The first-order valence-electron chi connectivity index (χ1n) is 8.75. The quantitative estimate of drug-likeness (QED) is 0.322. The van der Waals surface area contributed by atoms with E-state index in [1.54, 1.807) is 0 Å². The van der Waals surface area contributed by atoms with Gasteiger partial charge in [-0.3, -0.25) is 0 Å². The normalized spacial score (nSPS) is 11.4. The summed E-state index contributed by atoms with van der Waals surface area (Å²) < 4.78 is 10.1. The molecule has 0 atom stereocenters. The summed E-state index contributed by atoms with van der Waals surface area (Å²) in [5.74, 6) is 0. The predicted octanol–water partition coefficient (Wildman–Crippen LogP) is 6.11. The fourth-order valence-electron chi connectivity index (χ4n) is 2.19. The van der Waals surface area contributed by atoms with Crippen LogP contribution in [0.3, 0.4) is 0 Å². The lowest BCUT2D eigenvalue weighted by Crippen LogP contribution is -2.12. The van der Waals surface area contributed by atoms with Crippen molar-refractivity contribution < 1.29 is 14.3 Å². The highest BCUT2D eigenvalue weighted by atomic mass is 16.7. The van der Waals surface area contributed by atoms with Gasteiger partial charge in [0.05, 0.1) is 13.2 Å². The number of carbonyl (C=O) groups is 1. The van der Waals surface area contributed by atoms with Gasteiger partial charge in [0.25, 0.3) is 0 Å². The number of unbranched alkanes of at least 4 members (excludes halogenated alkanes) is 7. The standard InChI is InChI=1S/C18H36O3/c1-5-6-7-8-9-10-11-12-15-20-17(19)21-16-13-14-18(2,3)4/h5-16H2,1-4H3. The molecule has 0 rings (SSSR count). The molecule has 0 aromatic rings. The number of carbonyl (C=O) groups excluding carboxylic acids is 1. The molecule has 0 spiro atoms. The molecule has 3 nitrogen and oxygen atoms in total. The van der Waals surface area contributed by atoms with Gasteiger partial charge < -0.3 is 9.47 Å². The monoisotopic (exact) mass is 300 g/mol. The molecule has 3 heteroatoms. The van der Waals surface area contributed by atoms with Crippen LogP contribution in [0.1, 0.15) is 91.9 Å². The zero-order chi connectivity index (χ0) is 16.0. The Morgan fingerprint density at radius 2 is 1.24 bits per heavy atom. The van der Waals surface area contributed by atoms with Crippen molar-refractivity contribution in [1.82, 2.24) is 0 Å². The maximum absolute atomic E-state index is 11.3. The molecule has 0 aromatic carbocycles. The van der Waals surface area contributed by atoms with Crippen LogP contribution in [-0.2, 0) is 9.47 Å². The van der Waals surface area contributed by atoms with Gasteiger partial charge in [-0.15, -0.1) is 0 Å². The first-order chi connectivity index (χ1) is 9.95. The average molecular weight is 300 g/mol. The summed E-state index contributed by atoms with van der Waals surface area (Å²) >= 11 is 0. The summed E-state index contributed by atoms with van der Waals surface area (Å²) in [5.41, 5.74) is 0.296. The molecule has 0 aromatic heterocycles. The number of ether oxygens (including phenoxy) is 2. The number of rotatable bonds is 12. The molecular weight excluding hydrogens is 264 g/mol. The van der Waals surface area contributed by atoms with E-state index in [1.807, 2.05) is 0 Å². The Morgan fingerprint density at radius 1 is 0.762 bits per heavy atom. The summed E-state index contributed by atoms with van der Waals surface area (Å²) in [4.78, 5) is 11.3. The van der Waals surface area contributed by atoms with E-state index in [4.69, 9.17) is 9.47 Å². The van der Waals surface area contributed by atoms with Crippen LogP contribution in [-0.4, -0.2) is 19.4 Å². The first-order valence-corrected chi connectivity index (χ1v) is 8.75. The van der Waals surface area contributed by atoms with Crippen LogP contribution in [0.4, 0.5) is 4.79 Å². The second-order valence-corrected chi connectivity index (χ2v) is 7.09. The van der Waals surface area contributed by atoms with Crippen LogP contribution >= 0.6 is 0 Å². The van der Waals surface area contributed by atoms with Gasteiger partial charge in [-0.25, -0.2) is 4.79 Å². The Morgan fingerprint density at radius 3 is 1.76 bits per heavy atom. The maximum atomic E-state index is 11.3. The second kappa shape index (κ2) is 13.0. The van der Waals surface area contributed by atoms with Gasteiger partial charge in [-0.05, 0) is 24.7 Å². The minimum absolute atomic E-state index is 0.296. The highest BCUT2D eigenvalue weighted by Crippen LogP contribution is 2.20. The van der Waals surface area contributed by atoms with Gasteiger partial charge >= 0.3 is 6.16 Å². The molecule has 0 aliphatic heterocycles. The van der Waals surface area contributed by atoms with E-state index in [2.05, 4.69) is 27.7 Å². The molecular formula is C18H36O3. The van der Waals surface area contributed by atoms with Crippen molar-refractivity contribution in [3.8, 4) is 0 Å². The van der Waals surface area contributed by atoms with Crippen LogP contribution in [0.15, 0.2) is 0 Å². The van der Waals surface area contributed by atoms with Crippen molar-refractivity contribution >= 4 is 6.16 Å². The Kier molecular flexibility index (Phi) is 12.5. The fraction of sp³-hybridized carbons (Fsp3) is 0.944. The van der Waals surface area contributed by atoms with Crippen molar-refractivity contribution in [3.63, 3.8) is 0 Å². The second-order valence-electron chi connectivity index (χ2n) is 7.09. The SMILES string of the molecule is CCCCCCCCCCOC(=O)OCCCC(C)(C)C. The summed E-state index contributed by atoms with van der Waals surface area (Å²) in [6, 6.07) is 0. The number of hydrogen-bond donors (Lipinski definition) is 0. The van der Waals surface area contributed by atoms with Gasteiger partial charge in [0.15, 0.2) is 0 Å². The lowest BCUT2D eigenvalue weighted by molar-refractivity contribution is 0.0512. The summed E-state index contributed by atoms with van der Waals surface area (Å²) in [5, 5.41) is 0. The Hall–Kier alpha value is -0.730. The molecule has 0 aliphatic carbocycles. The third-order valence-electron chi connectivity index (χ3n) is 3.51. The van der Waals surface area contributed by atoms with Crippen LogP contribution < -0.4 is 0 Å². The van der Waals surface area contributed by atoms with E-state index in [0.29, 0.717) is 18.6 Å². The summed E-state index contributed by atoms with van der Waals surface area (Å²) in [7, 11) is 0. The van der Waals surface area contributed by atoms with Crippen LogP contribution in [0.5, 0.6) is 0 Å². The van der Waals surface area contributed by atoms with Crippen molar-refractivity contribution in [2.24, 2.45) is 5.41 Å². The fourth-order valence-corrected chi connectivity index (χ4v) is 2.19. The summed E-state index contributed by atoms with van der Waals surface area (Å²) in [6.45, 7) is 9.76. The smallest absolute Gasteiger partial charge is 0.434 e. The molecule has 21 heavy (non-hydrogen) atoms. The van der Waals surface area contributed by atoms with Crippen molar-refractivity contribution in [3.05, 3.63) is 0 Å². The molecule has 0 heterocycles. The minimum atomic E-state index is -0.508. The Bertz CT molecular complexity index is 243. The molecule has 0 radical (unpaired) electrons. The van der Waals surface area contributed by atoms with Gasteiger partial charge in [-0.2, -0.15) is 0 Å². The molecule has 0 bridgehead atoms. The van der Waals surface area contributed by atoms with E-state index in [0.717, 1.165) is 25.7 Å². The third-order valence-corrected chi connectivity index (χ3v) is 3.51. The molecule has 0 unspecified atom stereocenters. The number of hydrogen-bond acceptors (Lipinski definition) is 3. The largest absolute Gasteiger partial charge is 0.508 e. The van der Waals surface area contributed by atoms with E-state index >= 15 is 0 Å². The Labute approximate surface area is 131 Å². The van der Waals surface area contributed by atoms with Crippen molar-refractivity contribution in [2.45, 2.75) is 91.9 Å². The predicted molar refractivity (Wildman–Crippen MR) is 88.6 cm³/mol. The Balaban J connectivity index is 3.23. The molecule has 0 saturated heterocycles. The minimum Gasteiger partial charge on any atom is -0.434 e. The van der Waals surface area contributed by atoms with Gasteiger partial charge in [-0.1, -0.05) is 72.6 Å². The molecule has 0 amide bonds. The topological polar surface area (TPSA) is 35.5 Å². The van der Waals surface area contributed by atoms with Gasteiger partial charge in [0.1, 0.15) is 0 Å². The van der Waals surface area contributed by atoms with Crippen molar-refractivity contribution in [2.75, 3.05) is 13.2 Å². The highest BCUT2D eigenvalue weighted by molar-refractivity contribution is 5.59. The average Bonchev–Trinajstić information content (AvgIpc) is 2.41. The van der Waals surface area contributed by atoms with Gasteiger partial charge in [0, 0.05) is 0 Å². The molecule has 126 valence electrons. The molecule has 0 saturated carbocycles. The molecule has 0 fully saturated rings. The van der Waals surface area contributed by atoms with E-state index in [9.17, 15) is 4.79 Å². The van der Waals surface area contributed by atoms with E-state index < -0.39 is 6.16 Å². The van der Waals surface area contributed by atoms with E-state index in [-0.39, 0.29) is 0 Å². The zero-order valence-corrected chi connectivity index (χ0v) is 14.7. The molecule has 0 aliphatic rings.